The minimum atomic E-state index is -1.08. The van der Waals surface area contributed by atoms with Gasteiger partial charge in [-0.2, -0.15) is 0 Å². The van der Waals surface area contributed by atoms with E-state index in [1.165, 1.54) is 0 Å². The molecule has 0 unspecified atom stereocenters. The van der Waals surface area contributed by atoms with Gasteiger partial charge in [0.15, 0.2) is 0 Å². The van der Waals surface area contributed by atoms with E-state index in [-0.39, 0.29) is 27.1 Å². The molecule has 2 amide bonds. The standard InChI is InChI=1S/2C15H13NO3S2.C5H14NO/c2*1-10(7-11-5-3-2-4-6-11)8-12-14(19)16(9-13(17)18)15(20)21-12;1-6(2,3)4-5-7/h2*2-8H,9H2,1H3,(H,17,18);7H,4-5H2,1-3H3/q;;+1/b2*10-7+,12-8-;. The SMILES string of the molecule is CC(/C=C1\SC(=S)N(CC(=O)O)C1=O)=C\c1ccccc1.CC(/C=C1\SC(=S)N(CC(=O)O)C1=O)=C\c1ccccc1.C[N+](C)(C)CCO. The molecule has 2 fully saturated rings. The van der Waals surface area contributed by atoms with Gasteiger partial charge in [-0.3, -0.25) is 29.0 Å². The van der Waals surface area contributed by atoms with E-state index in [1.807, 2.05) is 86.7 Å². The highest BCUT2D eigenvalue weighted by molar-refractivity contribution is 8.27. The van der Waals surface area contributed by atoms with Crippen LogP contribution < -0.4 is 0 Å². The number of aliphatic hydroxyl groups is 1. The van der Waals surface area contributed by atoms with E-state index in [9.17, 15) is 19.2 Å². The van der Waals surface area contributed by atoms with Crippen molar-refractivity contribution in [1.29, 1.82) is 0 Å². The zero-order valence-corrected chi connectivity index (χ0v) is 31.1. The zero-order valence-electron chi connectivity index (χ0n) is 27.9. The molecule has 260 valence electrons. The lowest BCUT2D eigenvalue weighted by atomic mass is 10.1. The Morgan fingerprint density at radius 3 is 1.33 bits per heavy atom. The molecular weight excluding hydrogens is 703 g/mol. The lowest BCUT2D eigenvalue weighted by Crippen LogP contribution is -2.36. The average Bonchev–Trinajstić information content (AvgIpc) is 3.41. The molecule has 0 aliphatic carbocycles. The van der Waals surface area contributed by atoms with Gasteiger partial charge in [-0.1, -0.05) is 121 Å². The topological polar surface area (TPSA) is 135 Å². The Hall–Kier alpha value is -3.92. The molecule has 0 atom stereocenters. The first-order chi connectivity index (χ1) is 23.0. The van der Waals surface area contributed by atoms with Gasteiger partial charge in [-0.15, -0.1) is 0 Å². The number of allylic oxidation sites excluding steroid dienone is 4. The Morgan fingerprint density at radius 1 is 0.714 bits per heavy atom. The molecule has 2 heterocycles. The van der Waals surface area contributed by atoms with E-state index in [2.05, 4.69) is 21.1 Å². The van der Waals surface area contributed by atoms with Crippen LogP contribution in [0.2, 0.25) is 0 Å². The van der Waals surface area contributed by atoms with E-state index in [0.29, 0.717) is 9.81 Å². The smallest absolute Gasteiger partial charge is 0.323 e. The van der Waals surface area contributed by atoms with Gasteiger partial charge in [0.05, 0.1) is 37.6 Å². The Morgan fingerprint density at radius 2 is 1.06 bits per heavy atom. The van der Waals surface area contributed by atoms with Crippen LogP contribution >= 0.6 is 48.0 Å². The predicted molar refractivity (Wildman–Crippen MR) is 205 cm³/mol. The summed E-state index contributed by atoms with van der Waals surface area (Å²) in [6.45, 7) is 4.09. The van der Waals surface area contributed by atoms with Crippen LogP contribution in [0.15, 0.2) is 93.8 Å². The van der Waals surface area contributed by atoms with Crippen molar-refractivity contribution in [3.63, 3.8) is 0 Å². The van der Waals surface area contributed by atoms with Crippen LogP contribution in [0, 0.1) is 0 Å². The fraction of sp³-hybridized carbons (Fsp3) is 0.257. The van der Waals surface area contributed by atoms with Gasteiger partial charge in [0.2, 0.25) is 0 Å². The van der Waals surface area contributed by atoms with Gasteiger partial charge < -0.3 is 19.8 Å². The van der Waals surface area contributed by atoms with Gasteiger partial charge in [-0.25, -0.2) is 0 Å². The molecule has 14 heteroatoms. The molecule has 2 saturated heterocycles. The molecular formula is C35H40N3O7S4+. The van der Waals surface area contributed by atoms with Crippen molar-refractivity contribution >= 4 is 92.5 Å². The maximum Gasteiger partial charge on any atom is 0.323 e. The number of aliphatic carboxylic acids is 2. The highest BCUT2D eigenvalue weighted by atomic mass is 32.2. The lowest BCUT2D eigenvalue weighted by Gasteiger charge is -2.21. The Labute approximate surface area is 306 Å². The summed E-state index contributed by atoms with van der Waals surface area (Å²) in [6, 6.07) is 19.5. The Bertz CT molecular complexity index is 1550. The van der Waals surface area contributed by atoms with Crippen LogP contribution in [0.25, 0.3) is 12.2 Å². The number of carboxylic acids is 2. The highest BCUT2D eigenvalue weighted by Crippen LogP contribution is 2.33. The third kappa shape index (κ3) is 15.0. The first kappa shape index (κ1) is 41.3. The second kappa shape index (κ2) is 19.9. The summed E-state index contributed by atoms with van der Waals surface area (Å²) in [5.41, 5.74) is 3.87. The largest absolute Gasteiger partial charge is 0.480 e. The van der Waals surface area contributed by atoms with Crippen molar-refractivity contribution in [2.75, 3.05) is 47.4 Å². The van der Waals surface area contributed by atoms with Gasteiger partial charge in [-0.05, 0) is 48.3 Å². The molecule has 10 nitrogen and oxygen atoms in total. The van der Waals surface area contributed by atoms with Gasteiger partial charge in [0.1, 0.15) is 28.3 Å². The maximum absolute atomic E-state index is 12.1. The number of carbonyl (C=O) groups excluding carboxylic acids is 2. The number of amides is 2. The number of benzene rings is 2. The quantitative estimate of drug-likeness (QED) is 0.161. The number of nitrogens with zero attached hydrogens (tertiary/aromatic N) is 3. The third-order valence-electron chi connectivity index (χ3n) is 6.21. The summed E-state index contributed by atoms with van der Waals surface area (Å²) < 4.78 is 1.40. The first-order valence-corrected chi connectivity index (χ1v) is 17.3. The Balaban J connectivity index is 0.000000286. The van der Waals surface area contributed by atoms with E-state index in [1.54, 1.807) is 12.2 Å². The summed E-state index contributed by atoms with van der Waals surface area (Å²) in [5.74, 6) is -2.87. The van der Waals surface area contributed by atoms with Crippen molar-refractivity contribution in [3.8, 4) is 0 Å². The number of hydrogen-bond donors (Lipinski definition) is 3. The van der Waals surface area contributed by atoms with Crippen molar-refractivity contribution < 1.29 is 39.0 Å². The highest BCUT2D eigenvalue weighted by Gasteiger charge is 2.34. The number of hydrogen-bond acceptors (Lipinski definition) is 9. The number of thiocarbonyl (C=S) groups is 2. The number of thioether (sulfide) groups is 2. The molecule has 4 rings (SSSR count). The average molecular weight is 743 g/mol. The van der Waals surface area contributed by atoms with E-state index < -0.39 is 25.0 Å². The monoisotopic (exact) mass is 742 g/mol. The molecule has 3 N–H and O–H groups in total. The van der Waals surface area contributed by atoms with Crippen LogP contribution in [0.5, 0.6) is 0 Å². The van der Waals surface area contributed by atoms with Crippen molar-refractivity contribution in [1.82, 2.24) is 9.80 Å². The van der Waals surface area contributed by atoms with Crippen molar-refractivity contribution in [2.45, 2.75) is 13.8 Å². The van der Waals surface area contributed by atoms with Crippen LogP contribution in [-0.2, 0) is 19.2 Å². The van der Waals surface area contributed by atoms with Crippen molar-refractivity contribution in [3.05, 3.63) is 105 Å². The van der Waals surface area contributed by atoms with Crippen LogP contribution in [0.3, 0.4) is 0 Å². The Kier molecular flexibility index (Phi) is 16.8. The summed E-state index contributed by atoms with van der Waals surface area (Å²) in [6.07, 6.45) is 7.36. The van der Waals surface area contributed by atoms with Crippen LogP contribution in [0.4, 0.5) is 0 Å². The minimum Gasteiger partial charge on any atom is -0.480 e. The van der Waals surface area contributed by atoms with Gasteiger partial charge in [0.25, 0.3) is 11.8 Å². The lowest BCUT2D eigenvalue weighted by molar-refractivity contribution is -0.870. The molecule has 2 aromatic carbocycles. The van der Waals surface area contributed by atoms with Crippen LogP contribution in [0.1, 0.15) is 25.0 Å². The molecule has 49 heavy (non-hydrogen) atoms. The third-order valence-corrected chi connectivity index (χ3v) is 8.97. The van der Waals surface area contributed by atoms with E-state index in [4.69, 9.17) is 39.8 Å². The number of carboxylic acid groups (broad SMARTS) is 2. The van der Waals surface area contributed by atoms with Gasteiger partial charge in [0, 0.05) is 0 Å². The molecule has 0 radical (unpaired) electrons. The number of rotatable bonds is 10. The molecule has 0 spiro atoms. The summed E-state index contributed by atoms with van der Waals surface area (Å²) in [7, 11) is 6.16. The summed E-state index contributed by atoms with van der Waals surface area (Å²) in [4.78, 5) is 48.7. The maximum atomic E-state index is 12.1. The molecule has 0 bridgehead atoms. The zero-order chi connectivity index (χ0) is 36.7. The normalized spacial score (nSPS) is 16.9. The van der Waals surface area contributed by atoms with Crippen molar-refractivity contribution in [2.24, 2.45) is 0 Å². The second-order valence-corrected chi connectivity index (χ2v) is 15.0. The molecule has 0 aromatic heterocycles. The molecule has 2 aliphatic heterocycles. The van der Waals surface area contributed by atoms with Crippen LogP contribution in [-0.4, -0.2) is 109 Å². The fourth-order valence-corrected chi connectivity index (χ4v) is 6.57. The summed E-state index contributed by atoms with van der Waals surface area (Å²) >= 11 is 12.3. The second-order valence-electron chi connectivity index (χ2n) is 11.7. The predicted octanol–water partition coefficient (Wildman–Crippen LogP) is 5.52. The van der Waals surface area contributed by atoms with E-state index in [0.717, 1.165) is 66.6 Å². The number of carbonyl (C=O) groups is 4. The number of likely N-dealkylation sites (N-methyl/N-ethyl adjacent to an activating group) is 1. The number of quaternary nitrogens is 1. The molecule has 0 saturated carbocycles. The number of aliphatic hydroxyl groups excluding tert-OH is 1. The fourth-order valence-electron chi connectivity index (χ4n) is 3.96. The van der Waals surface area contributed by atoms with E-state index >= 15 is 0 Å². The first-order valence-electron chi connectivity index (χ1n) is 14.8. The molecule has 2 aromatic rings. The van der Waals surface area contributed by atoms with Gasteiger partial charge >= 0.3 is 11.9 Å². The minimum absolute atomic E-state index is 0.279. The molecule has 2 aliphatic rings. The summed E-state index contributed by atoms with van der Waals surface area (Å²) in [5, 5.41) is 25.9.